The third kappa shape index (κ3) is 4.45. The highest BCUT2D eigenvalue weighted by atomic mass is 16.6. The van der Waals surface area contributed by atoms with Crippen molar-refractivity contribution in [2.45, 2.75) is 56.3 Å². The molecule has 8 heteroatoms. The fourth-order valence-corrected chi connectivity index (χ4v) is 4.45. The van der Waals surface area contributed by atoms with E-state index in [4.69, 9.17) is 14.2 Å². The van der Waals surface area contributed by atoms with Gasteiger partial charge in [-0.1, -0.05) is 6.42 Å². The van der Waals surface area contributed by atoms with Crippen molar-refractivity contribution in [1.82, 2.24) is 5.32 Å². The van der Waals surface area contributed by atoms with Crippen LogP contribution in [0.4, 0.5) is 5.69 Å². The molecule has 0 spiro atoms. The number of carbonyl (C=O) groups excluding carboxylic acids is 2. The summed E-state index contributed by atoms with van der Waals surface area (Å²) in [5, 5.41) is 15.7. The molecule has 0 aromatic heterocycles. The highest BCUT2D eigenvalue weighted by Crippen LogP contribution is 2.47. The van der Waals surface area contributed by atoms with E-state index in [0.717, 1.165) is 36.3 Å². The third-order valence-electron chi connectivity index (χ3n) is 6.28. The number of fused-ring (bicyclic) bond motifs is 3. The Bertz CT molecular complexity index is 781. The molecule has 2 heterocycles. The molecule has 4 atom stereocenters. The Morgan fingerprint density at radius 1 is 1.30 bits per heavy atom. The molecular formula is C22H30N2O6. The Balaban J connectivity index is 1.44. The van der Waals surface area contributed by atoms with Gasteiger partial charge in [0.2, 0.25) is 11.8 Å². The molecule has 0 radical (unpaired) electrons. The lowest BCUT2D eigenvalue weighted by molar-refractivity contribution is -0.142. The number of nitrogens with one attached hydrogen (secondary N) is 2. The van der Waals surface area contributed by atoms with Crippen molar-refractivity contribution < 1.29 is 28.9 Å². The van der Waals surface area contributed by atoms with Gasteiger partial charge in [-0.05, 0) is 37.5 Å². The first-order valence-electron chi connectivity index (χ1n) is 10.7. The summed E-state index contributed by atoms with van der Waals surface area (Å²) in [7, 11) is 1.59. The summed E-state index contributed by atoms with van der Waals surface area (Å²) in [5.41, 5.74) is 1.76. The van der Waals surface area contributed by atoms with E-state index in [2.05, 4.69) is 10.6 Å². The molecule has 1 aromatic rings. The minimum atomic E-state index is -0.499. The van der Waals surface area contributed by atoms with Crippen molar-refractivity contribution in [3.05, 3.63) is 23.8 Å². The van der Waals surface area contributed by atoms with Gasteiger partial charge in [-0.25, -0.2) is 0 Å². The maximum Gasteiger partial charge on any atom is 0.227 e. The largest absolute Gasteiger partial charge is 0.487 e. The van der Waals surface area contributed by atoms with Gasteiger partial charge in [-0.3, -0.25) is 9.59 Å². The molecular weight excluding hydrogens is 388 g/mol. The van der Waals surface area contributed by atoms with Gasteiger partial charge in [0.25, 0.3) is 0 Å². The molecule has 3 N–H and O–H groups in total. The van der Waals surface area contributed by atoms with Crippen molar-refractivity contribution in [2.75, 3.05) is 32.2 Å². The summed E-state index contributed by atoms with van der Waals surface area (Å²) in [5.74, 6) is 0.836. The number of hydrogen-bond acceptors (Lipinski definition) is 6. The number of aliphatic hydroxyl groups excluding tert-OH is 1. The molecule has 1 aliphatic carbocycles. The van der Waals surface area contributed by atoms with E-state index >= 15 is 0 Å². The second-order valence-electron chi connectivity index (χ2n) is 8.32. The quantitative estimate of drug-likeness (QED) is 0.554. The molecule has 0 unspecified atom stereocenters. The molecule has 2 amide bonds. The molecule has 3 aliphatic rings. The van der Waals surface area contributed by atoms with Crippen LogP contribution in [0.5, 0.6) is 5.75 Å². The average molecular weight is 418 g/mol. The van der Waals surface area contributed by atoms with E-state index in [9.17, 15) is 14.7 Å². The lowest BCUT2D eigenvalue weighted by atomic mass is 9.83. The zero-order valence-electron chi connectivity index (χ0n) is 17.3. The van der Waals surface area contributed by atoms with Gasteiger partial charge in [-0.2, -0.15) is 0 Å². The van der Waals surface area contributed by atoms with Crippen molar-refractivity contribution in [3.8, 4) is 5.75 Å². The number of benzene rings is 1. The zero-order chi connectivity index (χ0) is 21.1. The van der Waals surface area contributed by atoms with Crippen LogP contribution >= 0.6 is 0 Å². The topological polar surface area (TPSA) is 106 Å². The second kappa shape index (κ2) is 9.32. The summed E-state index contributed by atoms with van der Waals surface area (Å²) in [6.45, 7) is 0.730. The molecule has 8 nitrogen and oxygen atoms in total. The van der Waals surface area contributed by atoms with Gasteiger partial charge < -0.3 is 30.0 Å². The first kappa shape index (κ1) is 21.1. The second-order valence-corrected chi connectivity index (χ2v) is 8.32. The van der Waals surface area contributed by atoms with E-state index in [1.807, 2.05) is 18.2 Å². The van der Waals surface area contributed by atoms with Crippen LogP contribution in [0, 0.1) is 5.92 Å². The van der Waals surface area contributed by atoms with Crippen LogP contribution in [0.2, 0.25) is 0 Å². The number of aliphatic hydroxyl groups is 1. The summed E-state index contributed by atoms with van der Waals surface area (Å²) in [6, 6.07) is 5.68. The molecule has 164 valence electrons. The Morgan fingerprint density at radius 3 is 2.83 bits per heavy atom. The maximum absolute atomic E-state index is 12.3. The Hall–Kier alpha value is -2.16. The van der Waals surface area contributed by atoms with Gasteiger partial charge in [0, 0.05) is 36.7 Å². The third-order valence-corrected chi connectivity index (χ3v) is 6.28. The summed E-state index contributed by atoms with van der Waals surface area (Å²) < 4.78 is 17.0. The van der Waals surface area contributed by atoms with Crippen molar-refractivity contribution in [1.29, 1.82) is 0 Å². The van der Waals surface area contributed by atoms with Gasteiger partial charge in [-0.15, -0.1) is 0 Å². The molecule has 0 bridgehead atoms. The summed E-state index contributed by atoms with van der Waals surface area (Å²) >= 11 is 0. The van der Waals surface area contributed by atoms with Crippen LogP contribution in [0.25, 0.3) is 0 Å². The number of hydrogen-bond donors (Lipinski definition) is 3. The van der Waals surface area contributed by atoms with Crippen molar-refractivity contribution >= 4 is 17.5 Å². The van der Waals surface area contributed by atoms with E-state index in [1.54, 1.807) is 7.11 Å². The van der Waals surface area contributed by atoms with E-state index in [1.165, 1.54) is 0 Å². The van der Waals surface area contributed by atoms with Crippen LogP contribution in [0.15, 0.2) is 18.2 Å². The lowest BCUT2D eigenvalue weighted by Crippen LogP contribution is -2.47. The predicted molar refractivity (Wildman–Crippen MR) is 109 cm³/mol. The summed E-state index contributed by atoms with van der Waals surface area (Å²) in [6.07, 6.45) is 2.75. The maximum atomic E-state index is 12.3. The SMILES string of the molecule is COCCNC(=O)C[C@H]1C[C@H]2c3cc(NC(=O)C4CCC4)ccc3O[C@H]2[C@H](CO)O1. The fraction of sp³-hybridized carbons (Fsp3) is 0.636. The number of ether oxygens (including phenoxy) is 3. The molecule has 2 aliphatic heterocycles. The standard InChI is InChI=1S/C22H30N2O6/c1-28-8-7-23-20(26)11-15-10-17-16-9-14(24-22(27)13-3-2-4-13)5-6-18(16)30-21(17)19(12-25)29-15/h5-6,9,13,15,17,19,21,25H,2-4,7-8,10-12H2,1H3,(H,23,26)(H,24,27)/t15-,17+,19+,21-/m1/s1. The monoisotopic (exact) mass is 418 g/mol. The molecule has 30 heavy (non-hydrogen) atoms. The highest BCUT2D eigenvalue weighted by molar-refractivity contribution is 5.93. The molecule has 2 fully saturated rings. The van der Waals surface area contributed by atoms with E-state index < -0.39 is 6.10 Å². The Labute approximate surface area is 176 Å². The number of methoxy groups -OCH3 is 1. The van der Waals surface area contributed by atoms with Gasteiger partial charge >= 0.3 is 0 Å². The smallest absolute Gasteiger partial charge is 0.227 e. The predicted octanol–water partition coefficient (Wildman–Crippen LogP) is 1.57. The zero-order valence-corrected chi connectivity index (χ0v) is 17.3. The fourth-order valence-electron chi connectivity index (χ4n) is 4.45. The van der Waals surface area contributed by atoms with Gasteiger partial charge in [0.15, 0.2) is 0 Å². The normalized spacial score (nSPS) is 27.4. The van der Waals surface area contributed by atoms with Crippen LogP contribution in [-0.2, 0) is 19.1 Å². The van der Waals surface area contributed by atoms with Crippen LogP contribution in [-0.4, -0.2) is 62.1 Å². The first-order chi connectivity index (χ1) is 14.6. The summed E-state index contributed by atoms with van der Waals surface area (Å²) in [4.78, 5) is 24.5. The minimum Gasteiger partial charge on any atom is -0.487 e. The van der Waals surface area contributed by atoms with Crippen LogP contribution in [0.1, 0.15) is 43.6 Å². The lowest BCUT2D eigenvalue weighted by Gasteiger charge is -2.37. The molecule has 1 saturated carbocycles. The Kier molecular flexibility index (Phi) is 6.55. The van der Waals surface area contributed by atoms with E-state index in [-0.39, 0.29) is 48.9 Å². The first-order valence-corrected chi connectivity index (χ1v) is 10.7. The number of anilines is 1. The Morgan fingerprint density at radius 2 is 2.13 bits per heavy atom. The van der Waals surface area contributed by atoms with E-state index in [0.29, 0.717) is 19.6 Å². The van der Waals surface area contributed by atoms with Crippen molar-refractivity contribution in [2.24, 2.45) is 5.92 Å². The molecule has 4 rings (SSSR count). The molecule has 1 aromatic carbocycles. The average Bonchev–Trinajstić information content (AvgIpc) is 3.04. The van der Waals surface area contributed by atoms with Crippen LogP contribution in [0.3, 0.4) is 0 Å². The van der Waals surface area contributed by atoms with Gasteiger partial charge in [0.1, 0.15) is 18.0 Å². The van der Waals surface area contributed by atoms with Gasteiger partial charge in [0.05, 0.1) is 25.7 Å². The highest BCUT2D eigenvalue weighted by Gasteiger charge is 2.46. The number of carbonyl (C=O) groups is 2. The minimum absolute atomic E-state index is 0.00299. The number of rotatable bonds is 8. The molecule has 1 saturated heterocycles. The van der Waals surface area contributed by atoms with Crippen molar-refractivity contribution in [3.63, 3.8) is 0 Å². The van der Waals surface area contributed by atoms with Crippen LogP contribution < -0.4 is 15.4 Å². The number of amides is 2.